The zero-order valence-corrected chi connectivity index (χ0v) is 20.3. The van der Waals surface area contributed by atoms with E-state index in [1.54, 1.807) is 20.8 Å². The zero-order valence-electron chi connectivity index (χ0n) is 17.3. The van der Waals surface area contributed by atoms with Crippen LogP contribution in [0.15, 0.2) is 0 Å². The Bertz CT molecular complexity index is 924. The molecule has 0 aromatic heterocycles. The SMILES string of the molecule is CC(C)(C)OC(=O)NCCC(C)(C)C(=O)ON1C(=O)c2c(Cl)c(Cl)c(Cl)c(Cl)c2C1=O. The van der Waals surface area contributed by atoms with E-state index in [1.807, 2.05) is 0 Å². The highest BCUT2D eigenvalue weighted by Gasteiger charge is 2.45. The first kappa shape index (κ1) is 25.5. The van der Waals surface area contributed by atoms with Gasteiger partial charge in [-0.1, -0.05) is 51.5 Å². The first-order chi connectivity index (χ1) is 14.1. The van der Waals surface area contributed by atoms with Gasteiger partial charge >= 0.3 is 12.1 Å². The van der Waals surface area contributed by atoms with Crippen LogP contribution in [-0.4, -0.2) is 41.1 Å². The van der Waals surface area contributed by atoms with Crippen LogP contribution in [0.3, 0.4) is 0 Å². The smallest absolute Gasteiger partial charge is 0.407 e. The fourth-order valence-electron chi connectivity index (χ4n) is 2.51. The topological polar surface area (TPSA) is 102 Å². The van der Waals surface area contributed by atoms with Crippen LogP contribution in [0, 0.1) is 5.41 Å². The maximum absolute atomic E-state index is 12.7. The van der Waals surface area contributed by atoms with Gasteiger partial charge in [-0.3, -0.25) is 9.59 Å². The molecule has 1 N–H and O–H groups in total. The summed E-state index contributed by atoms with van der Waals surface area (Å²) < 4.78 is 5.12. The maximum Gasteiger partial charge on any atom is 0.407 e. The van der Waals surface area contributed by atoms with Gasteiger partial charge in [-0.05, 0) is 41.0 Å². The van der Waals surface area contributed by atoms with Crippen LogP contribution in [0.25, 0.3) is 0 Å². The summed E-state index contributed by atoms with van der Waals surface area (Å²) in [5.41, 5.74) is -2.45. The van der Waals surface area contributed by atoms with Crippen molar-refractivity contribution in [3.63, 3.8) is 0 Å². The third-order valence-corrected chi connectivity index (χ3v) is 6.01. The van der Waals surface area contributed by atoms with Crippen LogP contribution in [-0.2, 0) is 14.4 Å². The van der Waals surface area contributed by atoms with E-state index >= 15 is 0 Å². The molecule has 8 nitrogen and oxygen atoms in total. The van der Waals surface area contributed by atoms with Crippen molar-refractivity contribution in [3.8, 4) is 0 Å². The molecule has 1 aromatic carbocycles. The lowest BCUT2D eigenvalue weighted by molar-refractivity contribution is -0.179. The van der Waals surface area contributed by atoms with E-state index in [0.29, 0.717) is 0 Å². The number of fused-ring (bicyclic) bond motifs is 1. The van der Waals surface area contributed by atoms with Gasteiger partial charge in [-0.25, -0.2) is 9.59 Å². The first-order valence-electron chi connectivity index (χ1n) is 9.02. The second-order valence-electron chi connectivity index (χ2n) is 8.35. The van der Waals surface area contributed by atoms with Crippen molar-refractivity contribution in [3.05, 3.63) is 31.2 Å². The summed E-state index contributed by atoms with van der Waals surface area (Å²) in [7, 11) is 0. The molecule has 1 aromatic rings. The first-order valence-corrected chi connectivity index (χ1v) is 10.5. The summed E-state index contributed by atoms with van der Waals surface area (Å²) >= 11 is 24.0. The minimum absolute atomic E-state index is 0.0853. The molecule has 1 heterocycles. The van der Waals surface area contributed by atoms with E-state index in [0.717, 1.165) is 0 Å². The molecule has 2 rings (SSSR count). The van der Waals surface area contributed by atoms with E-state index in [1.165, 1.54) is 13.8 Å². The number of imide groups is 1. The van der Waals surface area contributed by atoms with E-state index in [-0.39, 0.29) is 49.2 Å². The summed E-state index contributed by atoms with van der Waals surface area (Å²) in [6, 6.07) is 0. The molecule has 0 radical (unpaired) electrons. The number of carbonyl (C=O) groups excluding carboxylic acids is 4. The highest BCUT2D eigenvalue weighted by atomic mass is 35.5. The van der Waals surface area contributed by atoms with Crippen molar-refractivity contribution in [2.75, 3.05) is 6.54 Å². The molecule has 1 aliphatic heterocycles. The van der Waals surface area contributed by atoms with E-state index in [9.17, 15) is 19.2 Å². The summed E-state index contributed by atoms with van der Waals surface area (Å²) in [6.07, 6.45) is -0.511. The van der Waals surface area contributed by atoms with Gasteiger partial charge in [0.15, 0.2) is 0 Å². The number of halogens is 4. The molecule has 1 aliphatic rings. The molecule has 3 amide bonds. The Morgan fingerprint density at radius 2 is 1.32 bits per heavy atom. The number of amides is 3. The van der Waals surface area contributed by atoms with Gasteiger partial charge in [0.2, 0.25) is 0 Å². The number of ether oxygens (including phenoxy) is 1. The Morgan fingerprint density at radius 1 is 0.871 bits per heavy atom. The molecule has 0 saturated heterocycles. The lowest BCUT2D eigenvalue weighted by Gasteiger charge is -2.25. The van der Waals surface area contributed by atoms with Gasteiger partial charge in [-0.15, -0.1) is 0 Å². The fourth-order valence-corrected chi connectivity index (χ4v) is 3.53. The molecule has 0 aliphatic carbocycles. The molecule has 0 bridgehead atoms. The molecule has 31 heavy (non-hydrogen) atoms. The van der Waals surface area contributed by atoms with Crippen molar-refractivity contribution in [2.24, 2.45) is 5.41 Å². The Labute approximate surface area is 199 Å². The lowest BCUT2D eigenvalue weighted by atomic mass is 9.89. The van der Waals surface area contributed by atoms with Gasteiger partial charge in [0.05, 0.1) is 36.6 Å². The van der Waals surface area contributed by atoms with Gasteiger partial charge in [0.1, 0.15) is 5.60 Å². The average Bonchev–Trinajstić information content (AvgIpc) is 2.87. The van der Waals surface area contributed by atoms with Gasteiger partial charge in [0.25, 0.3) is 11.8 Å². The predicted molar refractivity (Wildman–Crippen MR) is 116 cm³/mol. The van der Waals surface area contributed by atoms with Crippen LogP contribution in [0.2, 0.25) is 20.1 Å². The number of rotatable bonds is 5. The number of carbonyl (C=O) groups is 4. The molecule has 12 heteroatoms. The van der Waals surface area contributed by atoms with Crippen molar-refractivity contribution >= 4 is 70.3 Å². The zero-order chi connectivity index (χ0) is 23.9. The number of hydroxylamine groups is 2. The summed E-state index contributed by atoms with van der Waals surface area (Å²) in [6.45, 7) is 8.29. The fraction of sp³-hybridized carbons (Fsp3) is 0.474. The van der Waals surface area contributed by atoms with Gasteiger partial charge in [-0.2, -0.15) is 0 Å². The summed E-state index contributed by atoms with van der Waals surface area (Å²) in [5.74, 6) is -2.89. The van der Waals surface area contributed by atoms with E-state index < -0.39 is 34.9 Å². The van der Waals surface area contributed by atoms with E-state index in [4.69, 9.17) is 56.0 Å². The lowest BCUT2D eigenvalue weighted by Crippen LogP contribution is -2.40. The average molecular weight is 514 g/mol. The standard InChI is InChI=1S/C19H20Cl4N2O6/c1-18(2,3)30-17(29)24-7-6-19(4,5)16(28)31-25-14(26)8-9(15(25)27)11(21)13(23)12(22)10(8)20/h6-7H2,1-5H3,(H,24,29). The van der Waals surface area contributed by atoms with Crippen LogP contribution in [0.5, 0.6) is 0 Å². The quantitative estimate of drug-likeness (QED) is 0.326. The minimum Gasteiger partial charge on any atom is -0.444 e. The Balaban J connectivity index is 2.10. The number of benzene rings is 1. The number of hydrogen-bond donors (Lipinski definition) is 1. The number of nitrogens with one attached hydrogen (secondary N) is 1. The van der Waals surface area contributed by atoms with Crippen molar-refractivity contribution in [1.29, 1.82) is 0 Å². The predicted octanol–water partition coefficient (Wildman–Crippen LogP) is 5.30. The Hall–Kier alpha value is -1.74. The number of hydrogen-bond acceptors (Lipinski definition) is 6. The van der Waals surface area contributed by atoms with Crippen LogP contribution in [0.4, 0.5) is 4.79 Å². The van der Waals surface area contributed by atoms with Crippen molar-refractivity contribution in [2.45, 2.75) is 46.6 Å². The molecule has 170 valence electrons. The molecule has 0 unspecified atom stereocenters. The molecule has 0 saturated carbocycles. The monoisotopic (exact) mass is 512 g/mol. The molecular weight excluding hydrogens is 494 g/mol. The normalized spacial score (nSPS) is 13.9. The van der Waals surface area contributed by atoms with E-state index in [2.05, 4.69) is 5.32 Å². The number of nitrogens with zero attached hydrogens (tertiary/aromatic N) is 1. The number of alkyl carbamates (subject to hydrolysis) is 1. The van der Waals surface area contributed by atoms with Gasteiger partial charge < -0.3 is 14.9 Å². The third kappa shape index (κ3) is 5.37. The second kappa shape index (κ2) is 9.02. The van der Waals surface area contributed by atoms with Gasteiger partial charge in [0, 0.05) is 6.54 Å². The molecule has 0 fully saturated rings. The van der Waals surface area contributed by atoms with Crippen molar-refractivity contribution in [1.82, 2.24) is 10.4 Å². The Kier molecular flexibility index (Phi) is 7.42. The third-order valence-electron chi connectivity index (χ3n) is 4.21. The van der Waals surface area contributed by atoms with Crippen molar-refractivity contribution < 1.29 is 28.8 Å². The minimum atomic E-state index is -1.17. The second-order valence-corrected chi connectivity index (χ2v) is 9.86. The molecule has 0 atom stereocenters. The highest BCUT2D eigenvalue weighted by Crippen LogP contribution is 2.45. The Morgan fingerprint density at radius 3 is 1.74 bits per heavy atom. The molecular formula is C19H20Cl4N2O6. The maximum atomic E-state index is 12.7. The molecule has 0 spiro atoms. The van der Waals surface area contributed by atoms with Crippen LogP contribution >= 0.6 is 46.4 Å². The van der Waals surface area contributed by atoms with Crippen LogP contribution < -0.4 is 5.32 Å². The summed E-state index contributed by atoms with van der Waals surface area (Å²) in [4.78, 5) is 54.7. The largest absolute Gasteiger partial charge is 0.444 e. The van der Waals surface area contributed by atoms with Crippen LogP contribution in [0.1, 0.15) is 61.8 Å². The summed E-state index contributed by atoms with van der Waals surface area (Å²) in [5, 5.41) is 1.84. The highest BCUT2D eigenvalue weighted by molar-refractivity contribution is 6.55.